The van der Waals surface area contributed by atoms with Crippen LogP contribution in [0.2, 0.25) is 0 Å². The van der Waals surface area contributed by atoms with Gasteiger partial charge in [-0.1, -0.05) is 206 Å². The zero-order valence-electron chi connectivity index (χ0n) is 34.0. The van der Waals surface area contributed by atoms with Crippen LogP contribution in [0, 0.1) is 0 Å². The van der Waals surface area contributed by atoms with E-state index in [0.29, 0.717) is 0 Å². The Kier molecular flexibility index (Phi) is 9.57. The molecule has 10 aromatic carbocycles. The van der Waals surface area contributed by atoms with Crippen LogP contribution in [0.5, 0.6) is 0 Å². The molecule has 0 unspecified atom stereocenters. The van der Waals surface area contributed by atoms with Crippen LogP contribution >= 0.6 is 0 Å². The Hall–Kier alpha value is -8.20. The van der Waals surface area contributed by atoms with E-state index < -0.39 is 0 Å². The van der Waals surface area contributed by atoms with Crippen LogP contribution in [-0.2, 0) is 0 Å². The first-order chi connectivity index (χ1) is 30.8. The van der Waals surface area contributed by atoms with Gasteiger partial charge in [-0.15, -0.1) is 0 Å². The van der Waals surface area contributed by atoms with E-state index in [1.165, 1.54) is 22.3 Å². The van der Waals surface area contributed by atoms with Crippen molar-refractivity contribution in [1.82, 2.24) is 0 Å². The molecule has 2 heteroatoms. The number of furan rings is 1. The van der Waals surface area contributed by atoms with E-state index >= 15 is 0 Å². The zero-order valence-corrected chi connectivity index (χ0v) is 34.0. The minimum atomic E-state index is 0.889. The largest absolute Gasteiger partial charge is 0.455 e. The topological polar surface area (TPSA) is 16.4 Å². The molecule has 0 saturated carbocycles. The second kappa shape index (κ2) is 16.1. The Labute approximate surface area is 362 Å². The average Bonchev–Trinajstić information content (AvgIpc) is 3.74. The lowest BCUT2D eigenvalue weighted by Gasteiger charge is -2.30. The second-order valence-electron chi connectivity index (χ2n) is 15.6. The summed E-state index contributed by atoms with van der Waals surface area (Å²) in [5.74, 6) is 0. The predicted molar refractivity (Wildman–Crippen MR) is 261 cm³/mol. The lowest BCUT2D eigenvalue weighted by molar-refractivity contribution is 0.670. The first-order valence-electron chi connectivity index (χ1n) is 21.2. The van der Waals surface area contributed by atoms with E-state index in [2.05, 4.69) is 241 Å². The number of para-hydroxylation sites is 3. The van der Waals surface area contributed by atoms with Gasteiger partial charge in [-0.05, 0) is 98.1 Å². The number of hydrogen-bond acceptors (Lipinski definition) is 2. The smallest absolute Gasteiger partial charge is 0.143 e. The van der Waals surface area contributed by atoms with Crippen molar-refractivity contribution in [3.63, 3.8) is 0 Å². The highest BCUT2D eigenvalue weighted by molar-refractivity contribution is 6.10. The molecule has 0 spiro atoms. The molecule has 0 atom stereocenters. The van der Waals surface area contributed by atoms with E-state index in [-0.39, 0.29) is 0 Å². The van der Waals surface area contributed by atoms with Gasteiger partial charge in [0, 0.05) is 33.3 Å². The van der Waals surface area contributed by atoms with Gasteiger partial charge in [0.25, 0.3) is 0 Å². The van der Waals surface area contributed by atoms with Crippen LogP contribution in [0.4, 0.5) is 17.1 Å². The Morgan fingerprint density at radius 1 is 0.258 bits per heavy atom. The van der Waals surface area contributed by atoms with Gasteiger partial charge in [0.15, 0.2) is 0 Å². The highest BCUT2D eigenvalue weighted by Gasteiger charge is 2.22. The average molecular weight is 792 g/mol. The van der Waals surface area contributed by atoms with E-state index in [0.717, 1.165) is 83.5 Å². The molecule has 0 bridgehead atoms. The molecule has 1 aromatic heterocycles. The van der Waals surface area contributed by atoms with Crippen LogP contribution in [0.25, 0.3) is 88.7 Å². The van der Waals surface area contributed by atoms with Gasteiger partial charge in [0.1, 0.15) is 11.2 Å². The number of hydrogen-bond donors (Lipinski definition) is 0. The molecular formula is C60H41NO. The highest BCUT2D eigenvalue weighted by atomic mass is 16.3. The van der Waals surface area contributed by atoms with Crippen molar-refractivity contribution in [3.05, 3.63) is 249 Å². The molecule has 0 aliphatic rings. The number of rotatable bonds is 9. The fraction of sp³-hybridized carbons (Fsp3) is 0. The summed E-state index contributed by atoms with van der Waals surface area (Å²) < 4.78 is 6.60. The van der Waals surface area contributed by atoms with Crippen molar-refractivity contribution in [2.75, 3.05) is 4.90 Å². The maximum absolute atomic E-state index is 6.60. The Morgan fingerprint density at radius 2 is 0.710 bits per heavy atom. The standard InChI is InChI=1S/C60H41NO/c1-4-20-42(21-5-1)46-38-47(43-22-6-2-7-23-43)41-49(40-46)61(48-27-18-26-45(39-48)51-34-19-35-57-56-33-15-17-37-59(56)62-60(51)57)58-36-16-14-32-55(58)54-31-13-12-30-53(54)52-29-11-10-28-50(52)44-24-8-3-9-25-44/h1-41H. The normalized spacial score (nSPS) is 11.2. The minimum Gasteiger partial charge on any atom is -0.455 e. The van der Waals surface area contributed by atoms with Crippen molar-refractivity contribution < 1.29 is 4.42 Å². The molecule has 0 saturated heterocycles. The fourth-order valence-electron chi connectivity index (χ4n) is 8.99. The molecule has 292 valence electrons. The Balaban J connectivity index is 1.16. The van der Waals surface area contributed by atoms with Crippen molar-refractivity contribution in [2.45, 2.75) is 0 Å². The van der Waals surface area contributed by atoms with Gasteiger partial charge in [-0.25, -0.2) is 0 Å². The van der Waals surface area contributed by atoms with Crippen molar-refractivity contribution in [2.24, 2.45) is 0 Å². The molecule has 0 aliphatic heterocycles. The molecule has 1 heterocycles. The van der Waals surface area contributed by atoms with Gasteiger partial charge in [-0.2, -0.15) is 0 Å². The van der Waals surface area contributed by atoms with Crippen LogP contribution in [-0.4, -0.2) is 0 Å². The van der Waals surface area contributed by atoms with Gasteiger partial charge >= 0.3 is 0 Å². The first-order valence-corrected chi connectivity index (χ1v) is 21.2. The lowest BCUT2D eigenvalue weighted by atomic mass is 9.88. The molecule has 11 rings (SSSR count). The third-order valence-corrected chi connectivity index (χ3v) is 11.9. The molecule has 2 nitrogen and oxygen atoms in total. The molecule has 0 amide bonds. The summed E-state index contributed by atoms with van der Waals surface area (Å²) >= 11 is 0. The van der Waals surface area contributed by atoms with Crippen LogP contribution < -0.4 is 4.90 Å². The van der Waals surface area contributed by atoms with Crippen LogP contribution in [0.15, 0.2) is 253 Å². The molecule has 62 heavy (non-hydrogen) atoms. The van der Waals surface area contributed by atoms with E-state index in [1.54, 1.807) is 0 Å². The van der Waals surface area contributed by atoms with Gasteiger partial charge in [-0.3, -0.25) is 0 Å². The van der Waals surface area contributed by atoms with Crippen LogP contribution in [0.1, 0.15) is 0 Å². The van der Waals surface area contributed by atoms with Gasteiger partial charge in [0.2, 0.25) is 0 Å². The van der Waals surface area contributed by atoms with Gasteiger partial charge < -0.3 is 9.32 Å². The first kappa shape index (κ1) is 36.8. The summed E-state index contributed by atoms with van der Waals surface area (Å²) in [7, 11) is 0. The number of benzene rings is 10. The highest BCUT2D eigenvalue weighted by Crippen LogP contribution is 2.47. The molecule has 0 radical (unpaired) electrons. The molecule has 0 N–H and O–H groups in total. The van der Waals surface area contributed by atoms with E-state index in [1.807, 2.05) is 12.1 Å². The summed E-state index contributed by atoms with van der Waals surface area (Å²) in [6, 6.07) is 89.2. The monoisotopic (exact) mass is 791 g/mol. The predicted octanol–water partition coefficient (Wildman–Crippen LogP) is 17.1. The summed E-state index contributed by atoms with van der Waals surface area (Å²) in [5, 5.41) is 2.23. The molecule has 0 aliphatic carbocycles. The summed E-state index contributed by atoms with van der Waals surface area (Å²) in [4.78, 5) is 2.44. The maximum Gasteiger partial charge on any atom is 0.143 e. The van der Waals surface area contributed by atoms with Crippen molar-refractivity contribution >= 4 is 39.0 Å². The Bertz CT molecular complexity index is 3290. The summed E-state index contributed by atoms with van der Waals surface area (Å²) in [6.45, 7) is 0. The second-order valence-corrected chi connectivity index (χ2v) is 15.6. The van der Waals surface area contributed by atoms with Crippen LogP contribution in [0.3, 0.4) is 0 Å². The third-order valence-electron chi connectivity index (χ3n) is 11.9. The number of fused-ring (bicyclic) bond motifs is 3. The molecular weight excluding hydrogens is 751 g/mol. The molecule has 11 aromatic rings. The maximum atomic E-state index is 6.60. The summed E-state index contributed by atoms with van der Waals surface area (Å²) in [5.41, 5.74) is 18.7. The van der Waals surface area contributed by atoms with Crippen molar-refractivity contribution in [1.29, 1.82) is 0 Å². The van der Waals surface area contributed by atoms with Gasteiger partial charge in [0.05, 0.1) is 5.69 Å². The van der Waals surface area contributed by atoms with Crippen molar-refractivity contribution in [3.8, 4) is 66.8 Å². The number of anilines is 3. The fourth-order valence-corrected chi connectivity index (χ4v) is 8.99. The minimum absolute atomic E-state index is 0.889. The van der Waals surface area contributed by atoms with E-state index in [9.17, 15) is 0 Å². The SMILES string of the molecule is c1ccc(-c2cc(-c3ccccc3)cc(N(c3cccc(-c4cccc5c4oc4ccccc45)c3)c3ccccc3-c3ccccc3-c3ccccc3-c3ccccc3)c2)cc1. The quantitative estimate of drug-likeness (QED) is 0.145. The zero-order chi connectivity index (χ0) is 41.2. The third kappa shape index (κ3) is 6.84. The lowest BCUT2D eigenvalue weighted by Crippen LogP contribution is -2.12. The van der Waals surface area contributed by atoms with E-state index in [4.69, 9.17) is 4.42 Å². The molecule has 0 fully saturated rings. The Morgan fingerprint density at radius 3 is 1.39 bits per heavy atom. The summed E-state index contributed by atoms with van der Waals surface area (Å²) in [6.07, 6.45) is 0. The number of nitrogens with zero attached hydrogens (tertiary/aromatic N) is 1.